The van der Waals surface area contributed by atoms with E-state index in [0.29, 0.717) is 11.1 Å². The molecule has 0 aliphatic heterocycles. The molecule has 3 N–H and O–H groups in total. The van der Waals surface area contributed by atoms with Crippen molar-refractivity contribution < 1.29 is 4.79 Å². The number of nitrogens with two attached hydrogens (primary N) is 1. The zero-order valence-electron chi connectivity index (χ0n) is 14.8. The predicted molar refractivity (Wildman–Crippen MR) is 111 cm³/mol. The monoisotopic (exact) mass is 352 g/mol. The maximum absolute atomic E-state index is 12.7. The van der Waals surface area contributed by atoms with Gasteiger partial charge in [-0.2, -0.15) is 0 Å². The summed E-state index contributed by atoms with van der Waals surface area (Å²) >= 11 is 0. The Morgan fingerprint density at radius 2 is 1.41 bits per heavy atom. The van der Waals surface area contributed by atoms with Crippen LogP contribution in [0, 0.1) is 0 Å². The van der Waals surface area contributed by atoms with E-state index in [1.807, 2.05) is 78.9 Å². The first-order chi connectivity index (χ1) is 13.2. The average molecular weight is 352 g/mol. The van der Waals surface area contributed by atoms with Crippen LogP contribution in [0.25, 0.3) is 10.8 Å². The second-order valence-electron chi connectivity index (χ2n) is 6.47. The second kappa shape index (κ2) is 7.44. The summed E-state index contributed by atoms with van der Waals surface area (Å²) in [6.45, 7) is 0. The molecule has 0 bridgehead atoms. The fourth-order valence-corrected chi connectivity index (χ4v) is 3.29. The highest BCUT2D eigenvalue weighted by atomic mass is 16.1. The Bertz CT molecular complexity index is 1080. The van der Waals surface area contributed by atoms with Gasteiger partial charge in [0.2, 0.25) is 0 Å². The first kappa shape index (κ1) is 17.0. The molecule has 1 atom stereocenters. The lowest BCUT2D eigenvalue weighted by Gasteiger charge is -2.18. The first-order valence-corrected chi connectivity index (χ1v) is 8.92. The summed E-state index contributed by atoms with van der Waals surface area (Å²) in [7, 11) is 0. The smallest absolute Gasteiger partial charge is 0.193 e. The van der Waals surface area contributed by atoms with E-state index < -0.39 is 0 Å². The van der Waals surface area contributed by atoms with Crippen molar-refractivity contribution in [3.05, 3.63) is 114 Å². The van der Waals surface area contributed by atoms with Gasteiger partial charge in [0.15, 0.2) is 5.78 Å². The molecule has 0 saturated carbocycles. The van der Waals surface area contributed by atoms with Crippen LogP contribution in [0.4, 0.5) is 5.69 Å². The first-order valence-electron chi connectivity index (χ1n) is 8.92. The van der Waals surface area contributed by atoms with Gasteiger partial charge in [-0.15, -0.1) is 0 Å². The molecule has 0 heterocycles. The maximum atomic E-state index is 12.7. The molecule has 0 amide bonds. The molecule has 0 aromatic heterocycles. The molecule has 0 aliphatic carbocycles. The average Bonchev–Trinajstić information content (AvgIpc) is 2.73. The van der Waals surface area contributed by atoms with Gasteiger partial charge in [0.05, 0.1) is 0 Å². The summed E-state index contributed by atoms with van der Waals surface area (Å²) in [5, 5.41) is 5.60. The van der Waals surface area contributed by atoms with Gasteiger partial charge >= 0.3 is 0 Å². The minimum absolute atomic E-state index is 0.00187. The number of carbonyl (C=O) groups is 1. The third-order valence-electron chi connectivity index (χ3n) is 4.64. The largest absolute Gasteiger partial charge is 0.366 e. The van der Waals surface area contributed by atoms with Crippen molar-refractivity contribution in [1.29, 1.82) is 0 Å². The summed E-state index contributed by atoms with van der Waals surface area (Å²) in [5.41, 5.74) is 9.58. The van der Waals surface area contributed by atoms with Gasteiger partial charge in [0.25, 0.3) is 0 Å². The lowest BCUT2D eigenvalue weighted by Crippen LogP contribution is -2.20. The maximum Gasteiger partial charge on any atom is 0.193 e. The number of carbonyl (C=O) groups excluding carboxylic acids is 1. The van der Waals surface area contributed by atoms with Crippen LogP contribution in [0.2, 0.25) is 0 Å². The number of hydrogen-bond donors (Lipinski definition) is 2. The van der Waals surface area contributed by atoms with Crippen molar-refractivity contribution in [2.45, 2.75) is 6.17 Å². The van der Waals surface area contributed by atoms with E-state index in [9.17, 15) is 4.79 Å². The van der Waals surface area contributed by atoms with Gasteiger partial charge in [-0.25, -0.2) is 0 Å². The highest BCUT2D eigenvalue weighted by molar-refractivity contribution is 6.09. The Balaban J connectivity index is 1.60. The Kier molecular flexibility index (Phi) is 4.69. The summed E-state index contributed by atoms with van der Waals surface area (Å²) in [4.78, 5) is 12.7. The Morgan fingerprint density at radius 3 is 2.26 bits per heavy atom. The topological polar surface area (TPSA) is 55.1 Å². The van der Waals surface area contributed by atoms with Crippen LogP contribution < -0.4 is 11.1 Å². The third kappa shape index (κ3) is 3.59. The van der Waals surface area contributed by atoms with Crippen molar-refractivity contribution in [3.63, 3.8) is 0 Å². The minimum Gasteiger partial charge on any atom is -0.366 e. The lowest BCUT2D eigenvalue weighted by molar-refractivity contribution is 0.103. The second-order valence-corrected chi connectivity index (χ2v) is 6.47. The molecule has 0 aliphatic rings. The molecule has 132 valence electrons. The Hall–Kier alpha value is -3.43. The van der Waals surface area contributed by atoms with Crippen molar-refractivity contribution >= 4 is 22.2 Å². The van der Waals surface area contributed by atoms with E-state index in [-0.39, 0.29) is 11.9 Å². The van der Waals surface area contributed by atoms with Gasteiger partial charge in [0, 0.05) is 16.8 Å². The molecular weight excluding hydrogens is 332 g/mol. The molecule has 3 nitrogen and oxygen atoms in total. The minimum atomic E-state index is -0.377. The number of fused-ring (bicyclic) bond motifs is 1. The van der Waals surface area contributed by atoms with Crippen molar-refractivity contribution in [2.75, 3.05) is 5.32 Å². The fourth-order valence-electron chi connectivity index (χ4n) is 3.29. The van der Waals surface area contributed by atoms with Crippen LogP contribution in [0.1, 0.15) is 27.7 Å². The Morgan fingerprint density at radius 1 is 0.741 bits per heavy atom. The van der Waals surface area contributed by atoms with Gasteiger partial charge in [0.1, 0.15) is 6.17 Å². The van der Waals surface area contributed by atoms with E-state index in [4.69, 9.17) is 5.73 Å². The number of rotatable bonds is 5. The van der Waals surface area contributed by atoms with Crippen molar-refractivity contribution in [2.24, 2.45) is 5.73 Å². The molecular formula is C24H20N2O. The molecule has 4 aromatic rings. The van der Waals surface area contributed by atoms with E-state index >= 15 is 0 Å². The van der Waals surface area contributed by atoms with E-state index in [0.717, 1.165) is 22.0 Å². The molecule has 0 spiro atoms. The van der Waals surface area contributed by atoms with Crippen LogP contribution >= 0.6 is 0 Å². The quantitative estimate of drug-likeness (QED) is 0.386. The van der Waals surface area contributed by atoms with Gasteiger partial charge in [-0.1, -0.05) is 84.9 Å². The SMILES string of the molecule is NC(Nc1cccc(C(=O)c2ccccc2)c1)c1cccc2ccccc12. The van der Waals surface area contributed by atoms with Crippen LogP contribution in [0.15, 0.2) is 97.1 Å². The van der Waals surface area contributed by atoms with E-state index in [1.54, 1.807) is 0 Å². The van der Waals surface area contributed by atoms with Crippen LogP contribution in [0.5, 0.6) is 0 Å². The number of hydrogen-bond acceptors (Lipinski definition) is 3. The van der Waals surface area contributed by atoms with E-state index in [1.165, 1.54) is 0 Å². The predicted octanol–water partition coefficient (Wildman–Crippen LogP) is 5.14. The van der Waals surface area contributed by atoms with Crippen LogP contribution in [-0.4, -0.2) is 5.78 Å². The van der Waals surface area contributed by atoms with Gasteiger partial charge in [-0.3, -0.25) is 4.79 Å². The normalized spacial score (nSPS) is 11.9. The molecule has 27 heavy (non-hydrogen) atoms. The van der Waals surface area contributed by atoms with Gasteiger partial charge in [-0.05, 0) is 28.5 Å². The molecule has 0 fully saturated rings. The summed E-state index contributed by atoms with van der Waals surface area (Å²) in [6, 6.07) is 31.0. The highest BCUT2D eigenvalue weighted by Crippen LogP contribution is 2.25. The fraction of sp³-hybridized carbons (Fsp3) is 0.0417. The summed E-state index contributed by atoms with van der Waals surface area (Å²) < 4.78 is 0. The van der Waals surface area contributed by atoms with Crippen LogP contribution in [0.3, 0.4) is 0 Å². The number of anilines is 1. The number of benzene rings is 4. The van der Waals surface area contributed by atoms with Crippen molar-refractivity contribution in [3.8, 4) is 0 Å². The molecule has 0 radical (unpaired) electrons. The highest BCUT2D eigenvalue weighted by Gasteiger charge is 2.12. The molecule has 0 saturated heterocycles. The third-order valence-corrected chi connectivity index (χ3v) is 4.64. The summed E-state index contributed by atoms with van der Waals surface area (Å²) in [5.74, 6) is -0.00187. The summed E-state index contributed by atoms with van der Waals surface area (Å²) in [6.07, 6.45) is -0.377. The Labute approximate surface area is 158 Å². The number of nitrogens with one attached hydrogen (secondary N) is 1. The molecule has 4 aromatic carbocycles. The standard InChI is InChI=1S/C24H20N2O/c25-24(22-15-7-11-17-8-4-5-14-21(17)22)26-20-13-6-12-19(16-20)23(27)18-9-2-1-3-10-18/h1-16,24,26H,25H2. The molecule has 1 unspecified atom stereocenters. The molecule has 3 heteroatoms. The van der Waals surface area contributed by atoms with Gasteiger partial charge < -0.3 is 11.1 Å². The van der Waals surface area contributed by atoms with Crippen LogP contribution in [-0.2, 0) is 0 Å². The van der Waals surface area contributed by atoms with E-state index in [2.05, 4.69) is 23.5 Å². The lowest BCUT2D eigenvalue weighted by atomic mass is 10.0. The number of ketones is 1. The van der Waals surface area contributed by atoms with Crippen molar-refractivity contribution in [1.82, 2.24) is 0 Å². The zero-order chi connectivity index (χ0) is 18.6. The zero-order valence-corrected chi connectivity index (χ0v) is 14.8. The molecule has 4 rings (SSSR count).